The van der Waals surface area contributed by atoms with Crippen molar-refractivity contribution < 1.29 is 22.7 Å². The molecule has 0 unspecified atom stereocenters. The molecule has 8 heteroatoms. The molecular weight excluding hydrogens is 320 g/mol. The minimum absolute atomic E-state index is 0.189. The zero-order valence-corrected chi connectivity index (χ0v) is 13.5. The first kappa shape index (κ1) is 16.4. The van der Waals surface area contributed by atoms with Crippen LogP contribution in [-0.4, -0.2) is 57.6 Å². The van der Waals surface area contributed by atoms with Gasteiger partial charge in [-0.2, -0.15) is 4.31 Å². The second-order valence-electron chi connectivity index (χ2n) is 5.53. The third-order valence-electron chi connectivity index (χ3n) is 3.95. The maximum absolute atomic E-state index is 12.5. The zero-order valence-electron chi connectivity index (χ0n) is 12.7. The minimum atomic E-state index is -3.51. The largest absolute Gasteiger partial charge is 0.379 e. The van der Waals surface area contributed by atoms with Gasteiger partial charge in [-0.15, -0.1) is 0 Å². The average Bonchev–Trinajstić information content (AvgIpc) is 3.11. The highest BCUT2D eigenvalue weighted by molar-refractivity contribution is 7.89. The van der Waals surface area contributed by atoms with E-state index in [1.54, 1.807) is 12.1 Å². The van der Waals surface area contributed by atoms with Crippen LogP contribution in [0.3, 0.4) is 0 Å². The lowest BCUT2D eigenvalue weighted by molar-refractivity contribution is -0.124. The van der Waals surface area contributed by atoms with E-state index in [0.29, 0.717) is 38.6 Å². The topological polar surface area (TPSA) is 84.9 Å². The number of amides is 1. The molecule has 2 aliphatic rings. The number of morpholine rings is 1. The molecule has 1 N–H and O–H groups in total. The average molecular weight is 340 g/mol. The fraction of sp³-hybridized carbons (Fsp3) is 0.533. The normalized spacial score (nSPS) is 22.9. The van der Waals surface area contributed by atoms with Crippen LogP contribution in [0.1, 0.15) is 12.8 Å². The Morgan fingerprint density at radius 3 is 2.43 bits per heavy atom. The molecule has 3 rings (SSSR count). The van der Waals surface area contributed by atoms with Crippen molar-refractivity contribution in [3.63, 3.8) is 0 Å². The van der Waals surface area contributed by atoms with Crippen LogP contribution in [0.25, 0.3) is 0 Å². The van der Waals surface area contributed by atoms with Crippen LogP contribution >= 0.6 is 0 Å². The maximum atomic E-state index is 12.5. The van der Waals surface area contributed by atoms with Crippen LogP contribution in [0.5, 0.6) is 0 Å². The molecule has 0 radical (unpaired) electrons. The van der Waals surface area contributed by atoms with E-state index in [-0.39, 0.29) is 10.8 Å². The van der Waals surface area contributed by atoms with Crippen molar-refractivity contribution in [1.29, 1.82) is 0 Å². The summed E-state index contributed by atoms with van der Waals surface area (Å²) in [5.41, 5.74) is 0.562. The molecule has 1 amide bonds. The summed E-state index contributed by atoms with van der Waals surface area (Å²) in [6.07, 6.45) is 1.19. The summed E-state index contributed by atoms with van der Waals surface area (Å²) in [6.45, 7) is 2.15. The Bertz CT molecular complexity index is 647. The smallest absolute Gasteiger partial charge is 0.253 e. The molecule has 0 saturated carbocycles. The first-order valence-electron chi connectivity index (χ1n) is 7.68. The van der Waals surface area contributed by atoms with Gasteiger partial charge in [-0.25, -0.2) is 8.42 Å². The van der Waals surface area contributed by atoms with E-state index in [1.165, 1.54) is 16.4 Å². The summed E-state index contributed by atoms with van der Waals surface area (Å²) in [5.74, 6) is -0.189. The first-order valence-corrected chi connectivity index (χ1v) is 9.12. The number of nitrogens with zero attached hydrogens (tertiary/aromatic N) is 1. The highest BCUT2D eigenvalue weighted by atomic mass is 32.2. The third kappa shape index (κ3) is 3.72. The molecule has 1 aromatic rings. The molecule has 7 nitrogen and oxygen atoms in total. The molecule has 1 atom stereocenters. The van der Waals surface area contributed by atoms with Crippen LogP contribution < -0.4 is 5.32 Å². The third-order valence-corrected chi connectivity index (χ3v) is 5.86. The standard InChI is InChI=1S/C15H20N2O5S/c18-15(14-2-1-9-22-14)16-12-3-5-13(6-4-12)23(19,20)17-7-10-21-11-8-17/h3-6,14H,1-2,7-11H2,(H,16,18)/t14-/m0/s1. The van der Waals surface area contributed by atoms with Crippen molar-refractivity contribution in [2.75, 3.05) is 38.2 Å². The van der Waals surface area contributed by atoms with Crippen molar-refractivity contribution in [3.8, 4) is 0 Å². The fourth-order valence-electron chi connectivity index (χ4n) is 2.65. The van der Waals surface area contributed by atoms with Crippen LogP contribution in [0.2, 0.25) is 0 Å². The number of carbonyl (C=O) groups is 1. The molecule has 0 bridgehead atoms. The highest BCUT2D eigenvalue weighted by Crippen LogP contribution is 2.20. The van der Waals surface area contributed by atoms with Crippen LogP contribution in [0.4, 0.5) is 5.69 Å². The minimum Gasteiger partial charge on any atom is -0.379 e. The Morgan fingerprint density at radius 1 is 1.13 bits per heavy atom. The molecule has 2 fully saturated rings. The highest BCUT2D eigenvalue weighted by Gasteiger charge is 2.27. The van der Waals surface area contributed by atoms with E-state index in [4.69, 9.17) is 9.47 Å². The van der Waals surface area contributed by atoms with Gasteiger partial charge in [0, 0.05) is 25.4 Å². The Kier molecular flexibility index (Phi) is 4.96. The SMILES string of the molecule is O=C(Nc1ccc(S(=O)(=O)N2CCOCC2)cc1)[C@@H]1CCCO1. The van der Waals surface area contributed by atoms with Gasteiger partial charge in [0.1, 0.15) is 6.10 Å². The van der Waals surface area contributed by atoms with Crippen molar-refractivity contribution in [2.45, 2.75) is 23.8 Å². The summed E-state index contributed by atoms with van der Waals surface area (Å²) in [6, 6.07) is 6.21. The predicted octanol–water partition coefficient (Wildman–Crippen LogP) is 0.825. The maximum Gasteiger partial charge on any atom is 0.253 e. The summed E-state index contributed by atoms with van der Waals surface area (Å²) in [4.78, 5) is 12.2. The molecule has 2 heterocycles. The van der Waals surface area contributed by atoms with Gasteiger partial charge < -0.3 is 14.8 Å². The Balaban J connectivity index is 1.67. The number of nitrogens with one attached hydrogen (secondary N) is 1. The van der Waals surface area contributed by atoms with Crippen molar-refractivity contribution in [2.24, 2.45) is 0 Å². The van der Waals surface area contributed by atoms with E-state index in [1.807, 2.05) is 0 Å². The van der Waals surface area contributed by atoms with E-state index < -0.39 is 16.1 Å². The molecule has 23 heavy (non-hydrogen) atoms. The number of sulfonamides is 1. The molecular formula is C15H20N2O5S. The van der Waals surface area contributed by atoms with Crippen molar-refractivity contribution in [1.82, 2.24) is 4.31 Å². The second kappa shape index (κ2) is 6.96. The number of hydrogen-bond donors (Lipinski definition) is 1. The summed E-state index contributed by atoms with van der Waals surface area (Å²) >= 11 is 0. The van der Waals surface area contributed by atoms with E-state index in [2.05, 4.69) is 5.32 Å². The second-order valence-corrected chi connectivity index (χ2v) is 7.47. The van der Waals surface area contributed by atoms with Gasteiger partial charge in [-0.1, -0.05) is 0 Å². The number of anilines is 1. The number of rotatable bonds is 4. The summed E-state index contributed by atoms with van der Waals surface area (Å²) in [5, 5.41) is 2.75. The number of hydrogen-bond acceptors (Lipinski definition) is 5. The van der Waals surface area contributed by atoms with Gasteiger partial charge in [0.05, 0.1) is 18.1 Å². The Hall–Kier alpha value is -1.48. The molecule has 0 aromatic heterocycles. The van der Waals surface area contributed by atoms with Gasteiger partial charge in [0.15, 0.2) is 0 Å². The van der Waals surface area contributed by atoms with E-state index >= 15 is 0 Å². The van der Waals surface area contributed by atoms with Crippen molar-refractivity contribution >= 4 is 21.6 Å². The molecule has 126 valence electrons. The molecule has 1 aromatic carbocycles. The van der Waals surface area contributed by atoms with Crippen LogP contribution in [-0.2, 0) is 24.3 Å². The summed E-state index contributed by atoms with van der Waals surface area (Å²) in [7, 11) is -3.51. The number of carbonyl (C=O) groups excluding carboxylic acids is 1. The van der Waals surface area contributed by atoms with Crippen LogP contribution in [0, 0.1) is 0 Å². The first-order chi connectivity index (χ1) is 11.1. The molecule has 0 aliphatic carbocycles. The fourth-order valence-corrected chi connectivity index (χ4v) is 4.06. The van der Waals surface area contributed by atoms with Crippen molar-refractivity contribution in [3.05, 3.63) is 24.3 Å². The lowest BCUT2D eigenvalue weighted by Crippen LogP contribution is -2.40. The van der Waals surface area contributed by atoms with Gasteiger partial charge in [0.2, 0.25) is 10.0 Å². The lowest BCUT2D eigenvalue weighted by atomic mass is 10.2. The quantitative estimate of drug-likeness (QED) is 0.877. The molecule has 2 saturated heterocycles. The monoisotopic (exact) mass is 340 g/mol. The van der Waals surface area contributed by atoms with Gasteiger partial charge in [-0.05, 0) is 37.1 Å². The van der Waals surface area contributed by atoms with Gasteiger partial charge in [0.25, 0.3) is 5.91 Å². The zero-order chi connectivity index (χ0) is 16.3. The van der Waals surface area contributed by atoms with E-state index in [0.717, 1.165) is 12.8 Å². The predicted molar refractivity (Wildman–Crippen MR) is 83.6 cm³/mol. The number of benzene rings is 1. The van der Waals surface area contributed by atoms with Crippen LogP contribution in [0.15, 0.2) is 29.2 Å². The van der Waals surface area contributed by atoms with E-state index in [9.17, 15) is 13.2 Å². The Labute approximate surface area is 135 Å². The molecule has 0 spiro atoms. The molecule has 2 aliphatic heterocycles. The summed E-state index contributed by atoms with van der Waals surface area (Å²) < 4.78 is 36.9. The number of ether oxygens (including phenoxy) is 2. The van der Waals surface area contributed by atoms with Gasteiger partial charge >= 0.3 is 0 Å². The van der Waals surface area contributed by atoms with Gasteiger partial charge in [-0.3, -0.25) is 4.79 Å². The Morgan fingerprint density at radius 2 is 1.83 bits per heavy atom. The lowest BCUT2D eigenvalue weighted by Gasteiger charge is -2.26.